The number of benzene rings is 5. The molecular weight excluding hydrogens is 624 g/mol. The third-order valence-corrected chi connectivity index (χ3v) is 9.82. The predicted molar refractivity (Wildman–Crippen MR) is 196 cm³/mol. The maximum absolute atomic E-state index is 12.6. The number of aliphatic hydroxyl groups excluding tert-OH is 2. The van der Waals surface area contributed by atoms with Gasteiger partial charge >= 0.3 is 0 Å². The third kappa shape index (κ3) is 8.38. The number of hydrogen-bond acceptors (Lipinski definition) is 6. The molecule has 6 rings (SSSR count). The van der Waals surface area contributed by atoms with E-state index < -0.39 is 12.4 Å². The number of rotatable bonds is 12. The van der Waals surface area contributed by atoms with Crippen LogP contribution >= 0.6 is 0 Å². The van der Waals surface area contributed by atoms with E-state index in [1.54, 1.807) is 12.1 Å². The van der Waals surface area contributed by atoms with Gasteiger partial charge < -0.3 is 25.0 Å². The molecule has 50 heavy (non-hydrogen) atoms. The van der Waals surface area contributed by atoms with Crippen molar-refractivity contribution in [3.8, 4) is 11.1 Å². The van der Waals surface area contributed by atoms with Gasteiger partial charge in [0.25, 0.3) is 5.91 Å². The monoisotopic (exact) mass is 670 g/mol. The number of likely N-dealkylation sites (N-methyl/N-ethyl adjacent to an activating group) is 1. The molecular formula is C43H46N2O5. The van der Waals surface area contributed by atoms with Crippen molar-refractivity contribution in [2.24, 2.45) is 5.92 Å². The largest absolute Gasteiger partial charge is 0.392 e. The molecule has 0 bridgehead atoms. The molecule has 1 heterocycles. The Hall–Kier alpha value is -4.63. The number of ether oxygens (including phenoxy) is 2. The lowest BCUT2D eigenvalue weighted by Crippen LogP contribution is -2.46. The predicted octanol–water partition coefficient (Wildman–Crippen LogP) is 7.62. The highest BCUT2D eigenvalue weighted by molar-refractivity contribution is 5.94. The van der Waals surface area contributed by atoms with Crippen LogP contribution in [0, 0.1) is 5.92 Å². The van der Waals surface area contributed by atoms with Gasteiger partial charge in [0.2, 0.25) is 0 Å². The summed E-state index contributed by atoms with van der Waals surface area (Å²) in [5, 5.41) is 23.8. The maximum atomic E-state index is 12.6. The van der Waals surface area contributed by atoms with Gasteiger partial charge in [-0.25, -0.2) is 0 Å². The second-order valence-electron chi connectivity index (χ2n) is 13.2. The van der Waals surface area contributed by atoms with Crippen molar-refractivity contribution in [2.75, 3.05) is 13.6 Å². The molecule has 258 valence electrons. The second kappa shape index (κ2) is 16.4. The van der Waals surface area contributed by atoms with Crippen molar-refractivity contribution in [1.29, 1.82) is 0 Å². The smallest absolute Gasteiger partial charge is 0.251 e. The first kappa shape index (κ1) is 35.2. The quantitative estimate of drug-likeness (QED) is 0.127. The van der Waals surface area contributed by atoms with Crippen molar-refractivity contribution in [2.45, 2.75) is 57.6 Å². The number of nitrogens with one attached hydrogen (secondary N) is 1. The van der Waals surface area contributed by atoms with Gasteiger partial charge in [0.1, 0.15) is 0 Å². The lowest BCUT2D eigenvalue weighted by molar-refractivity contribution is -0.276. The molecule has 5 aromatic carbocycles. The summed E-state index contributed by atoms with van der Waals surface area (Å²) >= 11 is 0. The standard InChI is InChI=1S/C43H46N2O5/c1-29-39(27-45(3)30(2)40(47)34-12-6-4-7-13-34)49-43(50-41(29)35-19-17-31(28-46)18-20-35)37-23-21-33(22-24-37)38-16-10-11-32(25-38)26-44-42(48)36-14-8-5-9-15-36/h4-25,29-30,39-41,43,46-47H,26-28H2,1-3H3,(H,44,48). The van der Waals surface area contributed by atoms with Crippen LogP contribution in [0.1, 0.15) is 70.5 Å². The Balaban J connectivity index is 1.19. The van der Waals surface area contributed by atoms with E-state index in [0.29, 0.717) is 18.7 Å². The van der Waals surface area contributed by atoms with Crippen molar-refractivity contribution < 1.29 is 24.5 Å². The van der Waals surface area contributed by atoms with Crippen molar-refractivity contribution in [1.82, 2.24) is 10.2 Å². The van der Waals surface area contributed by atoms with Crippen LogP contribution in [0.3, 0.4) is 0 Å². The fourth-order valence-electron chi connectivity index (χ4n) is 6.52. The molecule has 5 aromatic rings. The molecule has 3 N–H and O–H groups in total. The molecule has 1 aliphatic heterocycles. The van der Waals surface area contributed by atoms with Crippen LogP contribution in [0.15, 0.2) is 133 Å². The van der Waals surface area contributed by atoms with Crippen molar-refractivity contribution in [3.05, 3.63) is 167 Å². The zero-order chi connectivity index (χ0) is 35.0. The van der Waals surface area contributed by atoms with Crippen molar-refractivity contribution >= 4 is 5.91 Å². The third-order valence-electron chi connectivity index (χ3n) is 9.82. The second-order valence-corrected chi connectivity index (χ2v) is 13.2. The summed E-state index contributed by atoms with van der Waals surface area (Å²) in [6.45, 7) is 5.20. The van der Waals surface area contributed by atoms with Crippen molar-refractivity contribution in [3.63, 3.8) is 0 Å². The molecule has 1 amide bonds. The molecule has 1 aliphatic rings. The van der Waals surface area contributed by atoms with E-state index in [9.17, 15) is 15.0 Å². The van der Waals surface area contributed by atoms with E-state index in [0.717, 1.165) is 38.9 Å². The first-order valence-electron chi connectivity index (χ1n) is 17.3. The number of hydrogen-bond donors (Lipinski definition) is 3. The van der Waals surface area contributed by atoms with E-state index in [2.05, 4.69) is 41.4 Å². The average Bonchev–Trinajstić information content (AvgIpc) is 3.18. The number of carbonyl (C=O) groups excluding carboxylic acids is 1. The van der Waals surface area contributed by atoms with E-state index in [1.807, 2.05) is 111 Å². The van der Waals surface area contributed by atoms with Crippen LogP contribution < -0.4 is 5.32 Å². The van der Waals surface area contributed by atoms with Gasteiger partial charge in [-0.15, -0.1) is 0 Å². The lowest BCUT2D eigenvalue weighted by Gasteiger charge is -2.43. The van der Waals surface area contributed by atoms with Gasteiger partial charge in [-0.1, -0.05) is 122 Å². The minimum atomic E-state index is -0.639. The van der Waals surface area contributed by atoms with Gasteiger partial charge in [0.15, 0.2) is 6.29 Å². The Kier molecular flexibility index (Phi) is 11.5. The highest BCUT2D eigenvalue weighted by Gasteiger charge is 2.39. The molecule has 6 unspecified atom stereocenters. The van der Waals surface area contributed by atoms with E-state index in [1.165, 1.54) is 0 Å². The van der Waals surface area contributed by atoms with E-state index in [4.69, 9.17) is 9.47 Å². The minimum Gasteiger partial charge on any atom is -0.392 e. The average molecular weight is 671 g/mol. The first-order chi connectivity index (χ1) is 24.3. The summed E-state index contributed by atoms with van der Waals surface area (Å²) < 4.78 is 13.4. The van der Waals surface area contributed by atoms with E-state index in [-0.39, 0.29) is 36.7 Å². The maximum Gasteiger partial charge on any atom is 0.251 e. The molecule has 0 aromatic heterocycles. The molecule has 1 saturated heterocycles. The molecule has 1 fully saturated rings. The number of aliphatic hydroxyl groups is 2. The summed E-state index contributed by atoms with van der Waals surface area (Å²) in [6.07, 6.45) is -1.67. The Bertz CT molecular complexity index is 1810. The fourth-order valence-corrected chi connectivity index (χ4v) is 6.52. The van der Waals surface area contributed by atoms with Gasteiger partial charge in [-0.3, -0.25) is 9.69 Å². The highest BCUT2D eigenvalue weighted by Crippen LogP contribution is 2.42. The van der Waals surface area contributed by atoms with Crippen LogP contribution in [0.2, 0.25) is 0 Å². The normalized spacial score (nSPS) is 20.3. The number of amides is 1. The zero-order valence-electron chi connectivity index (χ0n) is 28.9. The Morgan fingerprint density at radius 2 is 1.44 bits per heavy atom. The Labute approximate surface area is 295 Å². The SMILES string of the molecule is CC1C(CN(C)C(C)C(O)c2ccccc2)OC(c2ccc(-c3cccc(CNC(=O)c4ccccc4)c3)cc2)OC1c1ccc(CO)cc1. The van der Waals surface area contributed by atoms with Crippen LogP contribution in [0.5, 0.6) is 0 Å². The minimum absolute atomic E-state index is 0.0131. The van der Waals surface area contributed by atoms with Gasteiger partial charge in [0, 0.05) is 36.2 Å². The summed E-state index contributed by atoms with van der Waals surface area (Å²) in [4.78, 5) is 14.7. The van der Waals surface area contributed by atoms with E-state index >= 15 is 0 Å². The van der Waals surface area contributed by atoms with Crippen LogP contribution in [0.25, 0.3) is 11.1 Å². The van der Waals surface area contributed by atoms with Crippen LogP contribution in [0.4, 0.5) is 0 Å². The molecule has 0 spiro atoms. The van der Waals surface area contributed by atoms with Gasteiger partial charge in [-0.05, 0) is 65.6 Å². The molecule has 0 aliphatic carbocycles. The summed E-state index contributed by atoms with van der Waals surface area (Å²) in [5.41, 5.74) is 7.42. The Morgan fingerprint density at radius 3 is 2.12 bits per heavy atom. The molecule has 7 heteroatoms. The highest BCUT2D eigenvalue weighted by atomic mass is 16.7. The zero-order valence-corrected chi connectivity index (χ0v) is 28.9. The number of nitrogens with zero attached hydrogens (tertiary/aromatic N) is 1. The molecule has 0 radical (unpaired) electrons. The first-order valence-corrected chi connectivity index (χ1v) is 17.3. The number of carbonyl (C=O) groups is 1. The Morgan fingerprint density at radius 1 is 0.780 bits per heavy atom. The lowest BCUT2D eigenvalue weighted by atomic mass is 9.89. The molecule has 7 nitrogen and oxygen atoms in total. The fraction of sp³-hybridized carbons (Fsp3) is 0.279. The summed E-state index contributed by atoms with van der Waals surface area (Å²) in [6, 6.07) is 43.2. The molecule has 6 atom stereocenters. The van der Waals surface area contributed by atoms with Crippen LogP contribution in [-0.2, 0) is 22.6 Å². The summed E-state index contributed by atoms with van der Waals surface area (Å²) in [5.74, 6) is -0.0877. The van der Waals surface area contributed by atoms with Gasteiger partial charge in [0.05, 0.1) is 24.9 Å². The topological polar surface area (TPSA) is 91.3 Å². The summed E-state index contributed by atoms with van der Waals surface area (Å²) in [7, 11) is 2.03. The van der Waals surface area contributed by atoms with Crippen LogP contribution in [-0.4, -0.2) is 46.8 Å². The molecule has 0 saturated carbocycles. The van der Waals surface area contributed by atoms with Gasteiger partial charge in [-0.2, -0.15) is 0 Å².